The summed E-state index contributed by atoms with van der Waals surface area (Å²) >= 11 is 12.6. The lowest BCUT2D eigenvalue weighted by Gasteiger charge is -2.09. The molecule has 0 bridgehead atoms. The Kier molecular flexibility index (Phi) is 5.99. The molecule has 28 heavy (non-hydrogen) atoms. The van der Waals surface area contributed by atoms with Crippen LogP contribution in [0, 0.1) is 0 Å². The molecule has 0 aliphatic rings. The molecule has 3 rings (SSSR count). The smallest absolute Gasteiger partial charge is 0.142 e. The number of rotatable bonds is 6. The van der Waals surface area contributed by atoms with Gasteiger partial charge in [-0.2, -0.15) is 5.10 Å². The lowest BCUT2D eigenvalue weighted by atomic mass is 10.2. The van der Waals surface area contributed by atoms with Crippen LogP contribution >= 0.6 is 23.2 Å². The van der Waals surface area contributed by atoms with Gasteiger partial charge in [-0.25, -0.2) is 14.7 Å². The SMILES string of the molecule is C=C(/C=C(\N=CN)Nc1nccc2nn(-c3c(Cl)cccc3Cl)cc12)C(C)O. The second kappa shape index (κ2) is 8.43. The number of nitrogens with one attached hydrogen (secondary N) is 1. The highest BCUT2D eigenvalue weighted by Gasteiger charge is 2.13. The lowest BCUT2D eigenvalue weighted by molar-refractivity contribution is 0.236. The van der Waals surface area contributed by atoms with E-state index >= 15 is 0 Å². The number of benzene rings is 1. The molecule has 0 amide bonds. The van der Waals surface area contributed by atoms with Crippen molar-refractivity contribution in [1.82, 2.24) is 14.8 Å². The van der Waals surface area contributed by atoms with Gasteiger partial charge in [-0.05, 0) is 36.8 Å². The molecule has 9 heteroatoms. The predicted octanol–water partition coefficient (Wildman–Crippen LogP) is 3.90. The van der Waals surface area contributed by atoms with Crippen molar-refractivity contribution in [3.05, 3.63) is 70.8 Å². The van der Waals surface area contributed by atoms with E-state index in [1.54, 1.807) is 54.3 Å². The molecule has 1 atom stereocenters. The number of hydrogen-bond donors (Lipinski definition) is 3. The van der Waals surface area contributed by atoms with Crippen molar-refractivity contribution < 1.29 is 5.11 Å². The van der Waals surface area contributed by atoms with Crippen LogP contribution in [0.4, 0.5) is 5.82 Å². The van der Waals surface area contributed by atoms with Gasteiger partial charge >= 0.3 is 0 Å². The first-order chi connectivity index (χ1) is 13.4. The highest BCUT2D eigenvalue weighted by atomic mass is 35.5. The third-order valence-corrected chi connectivity index (χ3v) is 4.53. The first-order valence-electron chi connectivity index (χ1n) is 8.29. The fourth-order valence-electron chi connectivity index (χ4n) is 2.47. The molecule has 0 saturated carbocycles. The maximum Gasteiger partial charge on any atom is 0.142 e. The van der Waals surface area contributed by atoms with Crippen molar-refractivity contribution in [3.8, 4) is 5.69 Å². The zero-order chi connectivity index (χ0) is 20.3. The highest BCUT2D eigenvalue weighted by Crippen LogP contribution is 2.30. The molecule has 7 nitrogen and oxygen atoms in total. The second-order valence-corrected chi connectivity index (χ2v) is 6.73. The fourth-order valence-corrected chi connectivity index (χ4v) is 3.04. The largest absolute Gasteiger partial charge is 0.390 e. The van der Waals surface area contributed by atoms with Crippen LogP contribution < -0.4 is 11.1 Å². The van der Waals surface area contributed by atoms with Gasteiger partial charge in [0.2, 0.25) is 0 Å². The Morgan fingerprint density at radius 1 is 1.36 bits per heavy atom. The van der Waals surface area contributed by atoms with Gasteiger partial charge in [0, 0.05) is 12.4 Å². The first-order valence-corrected chi connectivity index (χ1v) is 9.05. The van der Waals surface area contributed by atoms with Gasteiger partial charge in [-0.15, -0.1) is 0 Å². The van der Waals surface area contributed by atoms with Gasteiger partial charge in [0.25, 0.3) is 0 Å². The molecule has 4 N–H and O–H groups in total. The third kappa shape index (κ3) is 4.17. The van der Waals surface area contributed by atoms with E-state index in [4.69, 9.17) is 28.9 Å². The number of aliphatic hydroxyl groups is 1. The third-order valence-electron chi connectivity index (χ3n) is 3.92. The minimum atomic E-state index is -0.723. The van der Waals surface area contributed by atoms with Gasteiger partial charge in [0.1, 0.15) is 17.3 Å². The summed E-state index contributed by atoms with van der Waals surface area (Å²) in [6.45, 7) is 5.41. The van der Waals surface area contributed by atoms with Crippen molar-refractivity contribution in [1.29, 1.82) is 0 Å². The Morgan fingerprint density at radius 2 is 2.07 bits per heavy atom. The summed E-state index contributed by atoms with van der Waals surface area (Å²) in [4.78, 5) is 8.42. The van der Waals surface area contributed by atoms with E-state index in [0.717, 1.165) is 11.7 Å². The van der Waals surface area contributed by atoms with E-state index in [9.17, 15) is 5.11 Å². The van der Waals surface area contributed by atoms with Crippen molar-refractivity contribution in [2.45, 2.75) is 13.0 Å². The number of aliphatic imine (C=N–C) groups is 1. The van der Waals surface area contributed by atoms with Crippen LogP contribution in [0.5, 0.6) is 0 Å². The summed E-state index contributed by atoms with van der Waals surface area (Å²) in [6, 6.07) is 7.02. The number of nitrogens with zero attached hydrogens (tertiary/aromatic N) is 4. The molecule has 0 aliphatic heterocycles. The average Bonchev–Trinajstić information content (AvgIpc) is 3.06. The second-order valence-electron chi connectivity index (χ2n) is 5.92. The highest BCUT2D eigenvalue weighted by molar-refractivity contribution is 6.37. The summed E-state index contributed by atoms with van der Waals surface area (Å²) in [5.74, 6) is 0.874. The van der Waals surface area contributed by atoms with Crippen LogP contribution in [0.2, 0.25) is 10.0 Å². The first kappa shape index (κ1) is 19.9. The topological polar surface area (TPSA) is 101 Å². The molecule has 2 heterocycles. The summed E-state index contributed by atoms with van der Waals surface area (Å²) in [5, 5.41) is 18.9. The number of nitrogens with two attached hydrogens (primary N) is 1. The number of aromatic nitrogens is 3. The normalized spacial score (nSPS) is 13.2. The van der Waals surface area contributed by atoms with Crippen molar-refractivity contribution in [2.75, 3.05) is 5.32 Å². The average molecular weight is 417 g/mol. The zero-order valence-corrected chi connectivity index (χ0v) is 16.5. The number of hydrogen-bond acceptors (Lipinski definition) is 5. The van der Waals surface area contributed by atoms with E-state index in [-0.39, 0.29) is 0 Å². The Balaban J connectivity index is 2.05. The van der Waals surface area contributed by atoms with Crippen molar-refractivity contribution in [3.63, 3.8) is 0 Å². The minimum Gasteiger partial charge on any atom is -0.390 e. The maximum atomic E-state index is 9.65. The maximum absolute atomic E-state index is 9.65. The molecule has 1 unspecified atom stereocenters. The number of aliphatic hydroxyl groups excluding tert-OH is 1. The molecule has 1 aromatic carbocycles. The quantitative estimate of drug-likeness (QED) is 0.321. The molecule has 0 fully saturated rings. The van der Waals surface area contributed by atoms with E-state index < -0.39 is 6.10 Å². The van der Waals surface area contributed by atoms with Gasteiger partial charge in [-0.1, -0.05) is 35.8 Å². The number of fused-ring (bicyclic) bond motifs is 1. The van der Waals surface area contributed by atoms with Crippen LogP contribution in [0.1, 0.15) is 6.92 Å². The van der Waals surface area contributed by atoms with E-state index in [0.29, 0.717) is 38.5 Å². The van der Waals surface area contributed by atoms with Gasteiger partial charge < -0.3 is 16.2 Å². The zero-order valence-electron chi connectivity index (χ0n) is 15.0. The van der Waals surface area contributed by atoms with Gasteiger partial charge in [-0.3, -0.25) is 0 Å². The fraction of sp³-hybridized carbons (Fsp3) is 0.105. The van der Waals surface area contributed by atoms with Gasteiger partial charge in [0.15, 0.2) is 0 Å². The van der Waals surface area contributed by atoms with Crippen LogP contribution in [0.15, 0.2) is 65.7 Å². The molecule has 3 aromatic rings. The van der Waals surface area contributed by atoms with Gasteiger partial charge in [0.05, 0.1) is 33.4 Å². The molecule has 144 valence electrons. The summed E-state index contributed by atoms with van der Waals surface area (Å²) in [5.41, 5.74) is 7.16. The lowest BCUT2D eigenvalue weighted by Crippen LogP contribution is -2.06. The monoisotopic (exact) mass is 416 g/mol. The van der Waals surface area contributed by atoms with Crippen LogP contribution in [-0.2, 0) is 0 Å². The molecule has 0 aliphatic carbocycles. The minimum absolute atomic E-state index is 0.372. The number of halogens is 2. The van der Waals surface area contributed by atoms with Crippen molar-refractivity contribution in [2.24, 2.45) is 10.7 Å². The Labute approximate surface area is 171 Å². The Hall–Kier alpha value is -2.87. The number of para-hydroxylation sites is 1. The van der Waals surface area contributed by atoms with E-state index in [1.807, 2.05) is 0 Å². The number of anilines is 1. The molecule has 0 spiro atoms. The molecule has 2 aromatic heterocycles. The van der Waals surface area contributed by atoms with Crippen LogP contribution in [0.25, 0.3) is 16.6 Å². The van der Waals surface area contributed by atoms with Crippen molar-refractivity contribution >= 4 is 46.3 Å². The van der Waals surface area contributed by atoms with Crippen LogP contribution in [0.3, 0.4) is 0 Å². The number of pyridine rings is 1. The molecular weight excluding hydrogens is 399 g/mol. The summed E-state index contributed by atoms with van der Waals surface area (Å²) in [6.07, 6.45) is 5.39. The standard InChI is InChI=1S/C19H18Cl2N6O/c1-11(12(2)28)8-17(24-10-22)25-19-13-9-27(26-16(13)6-7-23-19)18-14(20)4-3-5-15(18)21/h3-10,12,28H,1H2,2H3,(H2,22,24)(H,23,25)/b17-8+. The molecule has 0 radical (unpaired) electrons. The molecule has 0 saturated heterocycles. The predicted molar refractivity (Wildman–Crippen MR) is 114 cm³/mol. The summed E-state index contributed by atoms with van der Waals surface area (Å²) < 4.78 is 1.60. The van der Waals surface area contributed by atoms with Crippen LogP contribution in [-0.4, -0.2) is 32.3 Å². The Bertz CT molecular complexity index is 1070. The van der Waals surface area contributed by atoms with E-state index in [1.165, 1.54) is 0 Å². The molecular formula is C19H18Cl2N6O. The Morgan fingerprint density at radius 3 is 2.71 bits per heavy atom. The van der Waals surface area contributed by atoms with E-state index in [2.05, 4.69) is 27.0 Å². The summed E-state index contributed by atoms with van der Waals surface area (Å²) in [7, 11) is 0.